The fraction of sp³-hybridized carbons (Fsp3) is 0.320. The number of aryl methyl sites for hydroxylation is 1. The number of carbonyl (C=O) groups is 2. The molecule has 2 aromatic carbocycles. The molecular formula is C25H29N3O3. The van der Waals surface area contributed by atoms with Crippen molar-refractivity contribution in [1.82, 2.24) is 10.3 Å². The molecule has 0 radical (unpaired) electrons. The lowest BCUT2D eigenvalue weighted by molar-refractivity contribution is -0.136. The lowest BCUT2D eigenvalue weighted by Crippen LogP contribution is -2.26. The van der Waals surface area contributed by atoms with Gasteiger partial charge in [-0.1, -0.05) is 37.6 Å². The van der Waals surface area contributed by atoms with Gasteiger partial charge in [-0.2, -0.15) is 0 Å². The van der Waals surface area contributed by atoms with Crippen molar-refractivity contribution in [1.29, 1.82) is 0 Å². The van der Waals surface area contributed by atoms with E-state index in [-0.39, 0.29) is 24.9 Å². The Hall–Kier alpha value is -3.41. The van der Waals surface area contributed by atoms with Crippen LogP contribution in [0.25, 0.3) is 10.9 Å². The van der Waals surface area contributed by atoms with Crippen molar-refractivity contribution in [3.63, 3.8) is 0 Å². The molecule has 0 unspecified atom stereocenters. The molecule has 0 saturated carbocycles. The van der Waals surface area contributed by atoms with Gasteiger partial charge in [0.05, 0.1) is 29.9 Å². The summed E-state index contributed by atoms with van der Waals surface area (Å²) in [4.78, 5) is 27.4. The second-order valence-electron chi connectivity index (χ2n) is 8.27. The number of hydrogen-bond acceptors (Lipinski definition) is 4. The third-order valence-corrected chi connectivity index (χ3v) is 5.08. The number of amides is 1. The minimum Gasteiger partial charge on any atom is -0.481 e. The zero-order chi connectivity index (χ0) is 22.4. The van der Waals surface area contributed by atoms with E-state index in [0.29, 0.717) is 11.5 Å². The van der Waals surface area contributed by atoms with Crippen molar-refractivity contribution in [2.75, 3.05) is 11.9 Å². The molecule has 1 heterocycles. The van der Waals surface area contributed by atoms with E-state index in [4.69, 9.17) is 5.11 Å². The van der Waals surface area contributed by atoms with Crippen LogP contribution in [0.2, 0.25) is 0 Å². The van der Waals surface area contributed by atoms with Crippen LogP contribution in [0.1, 0.15) is 54.2 Å². The number of aromatic nitrogens is 1. The van der Waals surface area contributed by atoms with Crippen LogP contribution in [0.5, 0.6) is 0 Å². The normalized spacial score (nSPS) is 12.0. The first-order valence-corrected chi connectivity index (χ1v) is 10.5. The van der Waals surface area contributed by atoms with Crippen molar-refractivity contribution in [2.24, 2.45) is 5.92 Å². The van der Waals surface area contributed by atoms with E-state index in [1.54, 1.807) is 12.1 Å². The summed E-state index contributed by atoms with van der Waals surface area (Å²) in [6, 6.07) is 15.9. The van der Waals surface area contributed by atoms with E-state index in [9.17, 15) is 9.59 Å². The van der Waals surface area contributed by atoms with Crippen molar-refractivity contribution in [3.8, 4) is 0 Å². The van der Waals surface area contributed by atoms with Crippen molar-refractivity contribution >= 4 is 28.5 Å². The molecule has 0 spiro atoms. The number of carboxylic acid groups (broad SMARTS) is 1. The smallest absolute Gasteiger partial charge is 0.305 e. The van der Waals surface area contributed by atoms with Crippen LogP contribution >= 0.6 is 0 Å². The second-order valence-corrected chi connectivity index (χ2v) is 8.27. The highest BCUT2D eigenvalue weighted by Crippen LogP contribution is 2.27. The maximum atomic E-state index is 12.2. The summed E-state index contributed by atoms with van der Waals surface area (Å²) in [6.45, 7) is 6.55. The Morgan fingerprint density at radius 2 is 1.81 bits per heavy atom. The predicted molar refractivity (Wildman–Crippen MR) is 123 cm³/mol. The number of fused-ring (bicyclic) bond motifs is 1. The summed E-state index contributed by atoms with van der Waals surface area (Å²) in [5.74, 6) is -0.723. The van der Waals surface area contributed by atoms with E-state index in [0.717, 1.165) is 28.6 Å². The largest absolute Gasteiger partial charge is 0.481 e. The fourth-order valence-corrected chi connectivity index (χ4v) is 3.53. The Labute approximate surface area is 182 Å². The van der Waals surface area contributed by atoms with Crippen LogP contribution in [0.4, 0.5) is 5.69 Å². The number of hydrogen-bond donors (Lipinski definition) is 3. The highest BCUT2D eigenvalue weighted by atomic mass is 16.4. The first-order chi connectivity index (χ1) is 14.8. The predicted octanol–water partition coefficient (Wildman–Crippen LogP) is 4.95. The van der Waals surface area contributed by atoms with E-state index < -0.39 is 5.97 Å². The molecule has 6 heteroatoms. The van der Waals surface area contributed by atoms with E-state index in [1.165, 1.54) is 5.56 Å². The number of anilines is 1. The Balaban J connectivity index is 1.76. The molecule has 1 aromatic heterocycles. The van der Waals surface area contributed by atoms with Gasteiger partial charge in [-0.25, -0.2) is 0 Å². The van der Waals surface area contributed by atoms with Crippen LogP contribution in [0.3, 0.4) is 0 Å². The molecule has 0 bridgehead atoms. The lowest BCUT2D eigenvalue weighted by atomic mass is 9.95. The molecule has 6 nitrogen and oxygen atoms in total. The molecule has 3 rings (SSSR count). The van der Waals surface area contributed by atoms with Gasteiger partial charge in [0, 0.05) is 17.5 Å². The topological polar surface area (TPSA) is 91.3 Å². The van der Waals surface area contributed by atoms with Gasteiger partial charge in [-0.05, 0) is 55.2 Å². The monoisotopic (exact) mass is 419 g/mol. The SMILES string of the molecule is Cc1ccc2ncc(N[C@@H](CC(C)C)c3ccc(C(=O)NCCC(=O)O)cc3)cc2c1. The van der Waals surface area contributed by atoms with Crippen LogP contribution in [0, 0.1) is 12.8 Å². The summed E-state index contributed by atoms with van der Waals surface area (Å²) in [5.41, 5.74) is 4.72. The summed E-state index contributed by atoms with van der Waals surface area (Å²) in [6.07, 6.45) is 2.69. The number of nitrogens with zero attached hydrogens (tertiary/aromatic N) is 1. The van der Waals surface area contributed by atoms with Crippen LogP contribution in [0.15, 0.2) is 54.7 Å². The molecular weight excluding hydrogens is 390 g/mol. The Kier molecular flexibility index (Phi) is 7.23. The number of nitrogens with one attached hydrogen (secondary N) is 2. The summed E-state index contributed by atoms with van der Waals surface area (Å²) >= 11 is 0. The summed E-state index contributed by atoms with van der Waals surface area (Å²) < 4.78 is 0. The zero-order valence-electron chi connectivity index (χ0n) is 18.2. The van der Waals surface area contributed by atoms with Gasteiger partial charge in [0.1, 0.15) is 0 Å². The molecule has 162 valence electrons. The first-order valence-electron chi connectivity index (χ1n) is 10.5. The van der Waals surface area contributed by atoms with Gasteiger partial charge in [0.25, 0.3) is 5.91 Å². The molecule has 0 aliphatic heterocycles. The number of pyridine rings is 1. The van der Waals surface area contributed by atoms with Gasteiger partial charge in [-0.3, -0.25) is 14.6 Å². The first kappa shape index (κ1) is 22.3. The fourth-order valence-electron chi connectivity index (χ4n) is 3.53. The maximum absolute atomic E-state index is 12.2. The third kappa shape index (κ3) is 6.28. The van der Waals surface area contributed by atoms with E-state index in [2.05, 4.69) is 54.6 Å². The highest BCUT2D eigenvalue weighted by molar-refractivity contribution is 5.94. The number of rotatable bonds is 9. The van der Waals surface area contributed by atoms with Crippen molar-refractivity contribution < 1.29 is 14.7 Å². The summed E-state index contributed by atoms with van der Waals surface area (Å²) in [5, 5.41) is 16.0. The summed E-state index contributed by atoms with van der Waals surface area (Å²) in [7, 11) is 0. The van der Waals surface area contributed by atoms with Gasteiger partial charge >= 0.3 is 5.97 Å². The zero-order valence-corrected chi connectivity index (χ0v) is 18.2. The van der Waals surface area contributed by atoms with Crippen molar-refractivity contribution in [2.45, 2.75) is 39.7 Å². The van der Waals surface area contributed by atoms with E-state index in [1.807, 2.05) is 24.4 Å². The van der Waals surface area contributed by atoms with Crippen molar-refractivity contribution in [3.05, 3.63) is 71.4 Å². The standard InChI is InChI=1S/C25H29N3O3/c1-16(2)12-23(28-21-14-20-13-17(3)4-9-22(20)27-15-21)18-5-7-19(8-6-18)25(31)26-11-10-24(29)30/h4-9,13-16,23,28H,10-12H2,1-3H3,(H,26,31)(H,29,30)/t23-/m0/s1. The maximum Gasteiger partial charge on any atom is 0.305 e. The van der Waals surface area contributed by atoms with Crippen LogP contribution in [-0.4, -0.2) is 28.5 Å². The van der Waals surface area contributed by atoms with E-state index >= 15 is 0 Å². The minimum atomic E-state index is -0.934. The average molecular weight is 420 g/mol. The average Bonchev–Trinajstić information content (AvgIpc) is 2.72. The molecule has 1 atom stereocenters. The van der Waals surface area contributed by atoms with Crippen LogP contribution < -0.4 is 10.6 Å². The Morgan fingerprint density at radius 1 is 1.06 bits per heavy atom. The Morgan fingerprint density at radius 3 is 2.48 bits per heavy atom. The minimum absolute atomic E-state index is 0.0770. The number of carbonyl (C=O) groups excluding carboxylic acids is 1. The molecule has 3 aromatic rings. The van der Waals surface area contributed by atoms with Gasteiger partial charge in [-0.15, -0.1) is 0 Å². The quantitative estimate of drug-likeness (QED) is 0.457. The number of carboxylic acids is 1. The van der Waals surface area contributed by atoms with Gasteiger partial charge < -0.3 is 15.7 Å². The molecule has 3 N–H and O–H groups in total. The molecule has 1 amide bonds. The van der Waals surface area contributed by atoms with Gasteiger partial charge in [0.15, 0.2) is 0 Å². The highest BCUT2D eigenvalue weighted by Gasteiger charge is 2.15. The lowest BCUT2D eigenvalue weighted by Gasteiger charge is -2.22. The second kappa shape index (κ2) is 10.1. The molecule has 0 saturated heterocycles. The third-order valence-electron chi connectivity index (χ3n) is 5.08. The molecule has 0 aliphatic carbocycles. The molecule has 0 fully saturated rings. The number of benzene rings is 2. The molecule has 0 aliphatic rings. The Bertz CT molecular complexity index is 1060. The number of aliphatic carboxylic acids is 1. The van der Waals surface area contributed by atoms with Crippen LogP contribution in [-0.2, 0) is 4.79 Å². The molecule has 31 heavy (non-hydrogen) atoms. The van der Waals surface area contributed by atoms with Gasteiger partial charge in [0.2, 0.25) is 0 Å².